The van der Waals surface area contributed by atoms with E-state index in [0.29, 0.717) is 56.0 Å². The maximum atomic E-state index is 14.6. The van der Waals surface area contributed by atoms with Gasteiger partial charge in [-0.25, -0.2) is 0 Å². The van der Waals surface area contributed by atoms with Crippen LogP contribution >= 0.6 is 11.6 Å². The molecule has 43 heavy (non-hydrogen) atoms. The molecule has 0 saturated carbocycles. The molecule has 9 nitrogen and oxygen atoms in total. The number of halogens is 4. The SMILES string of the molecule is CC(C)Oc1cccc(-c2cc(Cl)ccc2[C@@H](Oc2cc(N3CCC4(CC3)CN[C@H](C(=O)O)C4)nc(N)n2)C(F)(F)F)c1. The van der Waals surface area contributed by atoms with Crippen molar-refractivity contribution in [2.75, 3.05) is 30.3 Å². The van der Waals surface area contributed by atoms with Gasteiger partial charge < -0.3 is 30.5 Å². The highest BCUT2D eigenvalue weighted by Gasteiger charge is 2.46. The number of aromatic nitrogens is 2. The number of nitrogens with two attached hydrogens (primary N) is 1. The van der Waals surface area contributed by atoms with Gasteiger partial charge in [0.05, 0.1) is 6.10 Å². The van der Waals surface area contributed by atoms with Gasteiger partial charge in [-0.3, -0.25) is 4.79 Å². The van der Waals surface area contributed by atoms with Crippen molar-refractivity contribution < 1.29 is 32.5 Å². The van der Waals surface area contributed by atoms with Gasteiger partial charge in [0.1, 0.15) is 17.6 Å². The van der Waals surface area contributed by atoms with Crippen LogP contribution in [0.25, 0.3) is 11.1 Å². The van der Waals surface area contributed by atoms with E-state index in [1.54, 1.807) is 24.3 Å². The lowest BCUT2D eigenvalue weighted by atomic mass is 9.76. The van der Waals surface area contributed by atoms with E-state index in [1.807, 2.05) is 18.7 Å². The van der Waals surface area contributed by atoms with Gasteiger partial charge in [-0.2, -0.15) is 23.1 Å². The number of benzene rings is 2. The van der Waals surface area contributed by atoms with Crippen molar-refractivity contribution in [3.05, 3.63) is 59.1 Å². The van der Waals surface area contributed by atoms with E-state index in [2.05, 4.69) is 15.3 Å². The van der Waals surface area contributed by atoms with Crippen LogP contribution in [0.1, 0.15) is 44.8 Å². The summed E-state index contributed by atoms with van der Waals surface area (Å²) < 4.78 is 55.2. The highest BCUT2D eigenvalue weighted by Crippen LogP contribution is 2.44. The minimum atomic E-state index is -4.82. The van der Waals surface area contributed by atoms with Gasteiger partial charge in [0.2, 0.25) is 17.9 Å². The average molecular weight is 620 g/mol. The zero-order chi connectivity index (χ0) is 30.9. The van der Waals surface area contributed by atoms with E-state index < -0.39 is 24.3 Å². The summed E-state index contributed by atoms with van der Waals surface area (Å²) in [6, 6.07) is 11.7. The van der Waals surface area contributed by atoms with Crippen molar-refractivity contribution in [1.29, 1.82) is 0 Å². The van der Waals surface area contributed by atoms with Crippen LogP contribution in [0, 0.1) is 5.41 Å². The molecule has 2 atom stereocenters. The smallest absolute Gasteiger partial charge is 0.429 e. The molecule has 3 heterocycles. The third-order valence-electron chi connectivity index (χ3n) is 7.86. The maximum Gasteiger partial charge on any atom is 0.429 e. The Balaban J connectivity index is 1.42. The van der Waals surface area contributed by atoms with E-state index in [-0.39, 0.29) is 39.5 Å². The molecule has 4 N–H and O–H groups in total. The average Bonchev–Trinajstić information content (AvgIpc) is 3.35. The highest BCUT2D eigenvalue weighted by atomic mass is 35.5. The minimum Gasteiger partial charge on any atom is -0.491 e. The van der Waals surface area contributed by atoms with Gasteiger partial charge in [0.25, 0.3) is 0 Å². The van der Waals surface area contributed by atoms with Crippen LogP contribution in [-0.4, -0.2) is 59.0 Å². The lowest BCUT2D eigenvalue weighted by Crippen LogP contribution is -2.41. The number of piperidine rings is 1. The number of ether oxygens (including phenoxy) is 2. The molecule has 13 heteroatoms. The van der Waals surface area contributed by atoms with Gasteiger partial charge in [0, 0.05) is 36.3 Å². The molecule has 0 bridgehead atoms. The Morgan fingerprint density at radius 2 is 1.88 bits per heavy atom. The summed E-state index contributed by atoms with van der Waals surface area (Å²) in [5.41, 5.74) is 6.34. The number of carboxylic acid groups (broad SMARTS) is 1. The van der Waals surface area contributed by atoms with Crippen LogP contribution < -0.4 is 25.4 Å². The Bertz CT molecular complexity index is 1480. The summed E-state index contributed by atoms with van der Waals surface area (Å²) >= 11 is 6.24. The van der Waals surface area contributed by atoms with Crippen molar-refractivity contribution in [3.8, 4) is 22.8 Å². The number of anilines is 2. The fourth-order valence-electron chi connectivity index (χ4n) is 5.78. The number of carboxylic acids is 1. The molecule has 2 aliphatic rings. The number of nitrogens with zero attached hydrogens (tertiary/aromatic N) is 3. The zero-order valence-corrected chi connectivity index (χ0v) is 24.5. The van der Waals surface area contributed by atoms with E-state index >= 15 is 0 Å². The maximum absolute atomic E-state index is 14.6. The largest absolute Gasteiger partial charge is 0.491 e. The lowest BCUT2D eigenvalue weighted by molar-refractivity contribution is -0.198. The first kappa shape index (κ1) is 30.7. The Morgan fingerprint density at radius 3 is 2.53 bits per heavy atom. The predicted molar refractivity (Wildman–Crippen MR) is 156 cm³/mol. The van der Waals surface area contributed by atoms with Crippen LogP contribution in [-0.2, 0) is 4.79 Å². The Hall–Kier alpha value is -3.77. The van der Waals surface area contributed by atoms with E-state index in [0.717, 1.165) is 0 Å². The first-order valence-corrected chi connectivity index (χ1v) is 14.4. The Kier molecular flexibility index (Phi) is 8.62. The number of aliphatic carboxylic acids is 1. The molecule has 1 spiro atoms. The van der Waals surface area contributed by atoms with Gasteiger partial charge in [-0.1, -0.05) is 29.8 Å². The monoisotopic (exact) mass is 619 g/mol. The predicted octanol–water partition coefficient (Wildman–Crippen LogP) is 5.88. The molecule has 230 valence electrons. The molecule has 3 aromatic rings. The van der Waals surface area contributed by atoms with Crippen LogP contribution in [0.15, 0.2) is 48.5 Å². The number of hydrogen-bond acceptors (Lipinski definition) is 8. The molecule has 1 aromatic heterocycles. The van der Waals surface area contributed by atoms with Crippen LogP contribution in [0.2, 0.25) is 5.02 Å². The second-order valence-electron chi connectivity index (χ2n) is 11.4. The van der Waals surface area contributed by atoms with Gasteiger partial charge in [0.15, 0.2) is 0 Å². The second-order valence-corrected chi connectivity index (χ2v) is 11.8. The number of hydrogen-bond donors (Lipinski definition) is 3. The third kappa shape index (κ3) is 7.07. The molecule has 2 aliphatic heterocycles. The van der Waals surface area contributed by atoms with Crippen molar-refractivity contribution in [3.63, 3.8) is 0 Å². The summed E-state index contributed by atoms with van der Waals surface area (Å²) in [5, 5.41) is 12.7. The van der Waals surface area contributed by atoms with Gasteiger partial charge >= 0.3 is 12.1 Å². The highest BCUT2D eigenvalue weighted by molar-refractivity contribution is 6.30. The van der Waals surface area contributed by atoms with Crippen molar-refractivity contribution in [1.82, 2.24) is 15.3 Å². The van der Waals surface area contributed by atoms with Gasteiger partial charge in [-0.15, -0.1) is 0 Å². The lowest BCUT2D eigenvalue weighted by Gasteiger charge is -2.39. The topological polar surface area (TPSA) is 123 Å². The zero-order valence-electron chi connectivity index (χ0n) is 23.7. The fourth-order valence-corrected chi connectivity index (χ4v) is 5.95. The van der Waals surface area contributed by atoms with Crippen LogP contribution in [0.3, 0.4) is 0 Å². The standard InChI is InChI=1S/C30H33ClF3N5O4/c1-17(2)42-20-5-3-4-18(12-20)22-13-19(31)6-7-21(22)26(30(32,33)34)43-25-14-24(37-28(35)38-25)39-10-8-29(9-11-39)15-23(27(40)41)36-16-29/h3-7,12-14,17,23,26,36H,8-11,15-16H2,1-2H3,(H,40,41)(H2,35,37,38)/t23-,26+/m0/s1. The van der Waals surface area contributed by atoms with Gasteiger partial charge in [-0.05, 0) is 73.9 Å². The Morgan fingerprint density at radius 1 is 1.14 bits per heavy atom. The summed E-state index contributed by atoms with van der Waals surface area (Å²) in [7, 11) is 0. The Labute approximate surface area is 252 Å². The third-order valence-corrected chi connectivity index (χ3v) is 8.10. The fraction of sp³-hybridized carbons (Fsp3) is 0.433. The molecule has 0 radical (unpaired) electrons. The van der Waals surface area contributed by atoms with E-state index in [4.69, 9.17) is 26.8 Å². The summed E-state index contributed by atoms with van der Waals surface area (Å²) in [4.78, 5) is 21.5. The molecular formula is C30H33ClF3N5O4. The van der Waals surface area contributed by atoms with Crippen LogP contribution in [0.5, 0.6) is 11.6 Å². The van der Waals surface area contributed by atoms with Crippen molar-refractivity contribution in [2.24, 2.45) is 5.41 Å². The number of carbonyl (C=O) groups is 1. The first-order chi connectivity index (χ1) is 20.3. The number of nitrogen functional groups attached to an aromatic ring is 1. The van der Waals surface area contributed by atoms with Crippen molar-refractivity contribution in [2.45, 2.75) is 57.5 Å². The summed E-state index contributed by atoms with van der Waals surface area (Å²) in [5.74, 6) is -0.571. The molecule has 2 fully saturated rings. The van der Waals surface area contributed by atoms with Crippen molar-refractivity contribution >= 4 is 29.3 Å². The second kappa shape index (κ2) is 12.1. The summed E-state index contributed by atoms with van der Waals surface area (Å²) in [6.45, 7) is 5.37. The molecule has 0 unspecified atom stereocenters. The molecule has 0 aliphatic carbocycles. The first-order valence-electron chi connectivity index (χ1n) is 14.0. The number of rotatable bonds is 8. The normalized spacial score (nSPS) is 19.0. The minimum absolute atomic E-state index is 0.125. The number of nitrogens with one attached hydrogen (secondary N) is 1. The molecule has 2 aromatic carbocycles. The molecular weight excluding hydrogens is 587 g/mol. The van der Waals surface area contributed by atoms with Crippen LogP contribution in [0.4, 0.5) is 24.9 Å². The van der Waals surface area contributed by atoms with E-state index in [9.17, 15) is 23.1 Å². The molecule has 2 saturated heterocycles. The quantitative estimate of drug-likeness (QED) is 0.284. The van der Waals surface area contributed by atoms with E-state index in [1.165, 1.54) is 24.3 Å². The molecule has 5 rings (SSSR count). The molecule has 0 amide bonds. The number of alkyl halides is 3. The summed E-state index contributed by atoms with van der Waals surface area (Å²) in [6.07, 6.45) is -5.41.